The van der Waals surface area contributed by atoms with Crippen LogP contribution in [0, 0.1) is 24.1 Å². The molecule has 0 saturated heterocycles. The zero-order chi connectivity index (χ0) is 14.0. The van der Waals surface area contributed by atoms with E-state index in [1.54, 1.807) is 20.0 Å². The van der Waals surface area contributed by atoms with Gasteiger partial charge in [-0.2, -0.15) is 10.4 Å². The minimum absolute atomic E-state index is 0.197. The van der Waals surface area contributed by atoms with Crippen LogP contribution >= 0.6 is 0 Å². The lowest BCUT2D eigenvalue weighted by Crippen LogP contribution is -2.15. The summed E-state index contributed by atoms with van der Waals surface area (Å²) in [6, 6.07) is 5.97. The first-order chi connectivity index (χ1) is 9.01. The van der Waals surface area contributed by atoms with Crippen molar-refractivity contribution >= 4 is 11.7 Å². The Labute approximate surface area is 109 Å². The predicted octanol–water partition coefficient (Wildman–Crippen LogP) is 1.99. The maximum atomic E-state index is 13.2. The van der Waals surface area contributed by atoms with Gasteiger partial charge in [-0.25, -0.2) is 4.39 Å². The maximum Gasteiger partial charge on any atom is 0.256 e. The Bertz CT molecular complexity index is 664. The predicted molar refractivity (Wildman–Crippen MR) is 67.0 cm³/mol. The molecule has 0 radical (unpaired) electrons. The first-order valence-electron chi connectivity index (χ1n) is 5.52. The van der Waals surface area contributed by atoms with Crippen molar-refractivity contribution in [2.75, 3.05) is 5.32 Å². The molecule has 0 aliphatic carbocycles. The molecule has 1 aromatic heterocycles. The summed E-state index contributed by atoms with van der Waals surface area (Å²) in [5.41, 5.74) is 1.10. The number of nitrogens with zero attached hydrogens (tertiary/aromatic N) is 3. The number of aromatic nitrogens is 2. The van der Waals surface area contributed by atoms with Gasteiger partial charge >= 0.3 is 0 Å². The van der Waals surface area contributed by atoms with Crippen molar-refractivity contribution in [3.8, 4) is 6.07 Å². The van der Waals surface area contributed by atoms with Gasteiger partial charge in [0.1, 0.15) is 23.3 Å². The zero-order valence-corrected chi connectivity index (χ0v) is 10.4. The first kappa shape index (κ1) is 12.8. The Hall–Kier alpha value is -2.68. The van der Waals surface area contributed by atoms with Gasteiger partial charge in [0.05, 0.1) is 6.20 Å². The molecule has 0 atom stereocenters. The second-order valence-electron chi connectivity index (χ2n) is 4.11. The maximum absolute atomic E-state index is 13.2. The Morgan fingerprint density at radius 1 is 1.47 bits per heavy atom. The number of rotatable bonds is 2. The van der Waals surface area contributed by atoms with Crippen LogP contribution in [-0.4, -0.2) is 15.7 Å². The number of amides is 1. The molecule has 2 aromatic rings. The highest BCUT2D eigenvalue weighted by Gasteiger charge is 2.14. The highest BCUT2D eigenvalue weighted by molar-refractivity contribution is 6.04. The van der Waals surface area contributed by atoms with E-state index in [0.29, 0.717) is 5.56 Å². The van der Waals surface area contributed by atoms with Crippen molar-refractivity contribution in [3.05, 3.63) is 46.9 Å². The average Bonchev–Trinajstić information content (AvgIpc) is 2.69. The van der Waals surface area contributed by atoms with Crippen LogP contribution in [-0.2, 0) is 7.05 Å². The van der Waals surface area contributed by atoms with E-state index >= 15 is 0 Å². The number of hydrogen-bond acceptors (Lipinski definition) is 3. The Kier molecular flexibility index (Phi) is 3.29. The van der Waals surface area contributed by atoms with E-state index in [1.165, 1.54) is 16.9 Å². The number of benzene rings is 1. The minimum Gasteiger partial charge on any atom is -0.306 e. The van der Waals surface area contributed by atoms with Crippen molar-refractivity contribution < 1.29 is 9.18 Å². The van der Waals surface area contributed by atoms with Crippen LogP contribution in [0.1, 0.15) is 21.5 Å². The Balaban J connectivity index is 2.31. The van der Waals surface area contributed by atoms with Crippen LogP contribution in [0.25, 0.3) is 0 Å². The summed E-state index contributed by atoms with van der Waals surface area (Å²) >= 11 is 0. The quantitative estimate of drug-likeness (QED) is 0.895. The van der Waals surface area contributed by atoms with Gasteiger partial charge in [-0.05, 0) is 30.7 Å². The smallest absolute Gasteiger partial charge is 0.256 e. The largest absolute Gasteiger partial charge is 0.306 e. The van der Waals surface area contributed by atoms with E-state index < -0.39 is 11.7 Å². The van der Waals surface area contributed by atoms with Crippen molar-refractivity contribution in [3.63, 3.8) is 0 Å². The SMILES string of the molecule is Cc1cc(F)cc(C(=O)Nc2c(C#N)cnn2C)c1. The fourth-order valence-electron chi connectivity index (χ4n) is 1.71. The Morgan fingerprint density at radius 2 is 2.21 bits per heavy atom. The molecule has 19 heavy (non-hydrogen) atoms. The van der Waals surface area contributed by atoms with Gasteiger partial charge in [0.15, 0.2) is 0 Å². The number of aryl methyl sites for hydroxylation is 2. The Morgan fingerprint density at radius 3 is 2.84 bits per heavy atom. The highest BCUT2D eigenvalue weighted by atomic mass is 19.1. The number of halogens is 1. The molecule has 1 N–H and O–H groups in total. The van der Waals surface area contributed by atoms with Crippen LogP contribution in [0.3, 0.4) is 0 Å². The summed E-state index contributed by atoms with van der Waals surface area (Å²) in [4.78, 5) is 12.0. The summed E-state index contributed by atoms with van der Waals surface area (Å²) in [5, 5.41) is 15.3. The van der Waals surface area contributed by atoms with Crippen molar-refractivity contribution in [2.24, 2.45) is 7.05 Å². The zero-order valence-electron chi connectivity index (χ0n) is 10.4. The average molecular weight is 258 g/mol. The minimum atomic E-state index is -0.484. The van der Waals surface area contributed by atoms with Gasteiger partial charge in [0.2, 0.25) is 0 Å². The molecule has 96 valence electrons. The molecule has 1 amide bonds. The van der Waals surface area contributed by atoms with E-state index in [0.717, 1.165) is 6.07 Å². The third-order valence-electron chi connectivity index (χ3n) is 2.60. The summed E-state index contributed by atoms with van der Waals surface area (Å²) in [7, 11) is 1.60. The van der Waals surface area contributed by atoms with Crippen LogP contribution in [0.4, 0.5) is 10.2 Å². The van der Waals surface area contributed by atoms with E-state index in [9.17, 15) is 9.18 Å². The van der Waals surface area contributed by atoms with E-state index in [2.05, 4.69) is 10.4 Å². The second-order valence-corrected chi connectivity index (χ2v) is 4.11. The standard InChI is InChI=1S/C13H11FN4O/c1-8-3-9(5-11(14)4-8)13(19)17-12-10(6-15)7-16-18(12)2/h3-5,7H,1-2H3,(H,17,19). The lowest BCUT2D eigenvalue weighted by Gasteiger charge is -2.07. The van der Waals surface area contributed by atoms with Crippen LogP contribution in [0.2, 0.25) is 0 Å². The molecule has 1 aromatic carbocycles. The highest BCUT2D eigenvalue weighted by Crippen LogP contribution is 2.15. The number of carbonyl (C=O) groups is 1. The lowest BCUT2D eigenvalue weighted by atomic mass is 10.1. The molecule has 0 saturated carbocycles. The fourth-order valence-corrected chi connectivity index (χ4v) is 1.71. The van der Waals surface area contributed by atoms with Gasteiger partial charge in [0, 0.05) is 12.6 Å². The lowest BCUT2D eigenvalue weighted by molar-refractivity contribution is 0.102. The van der Waals surface area contributed by atoms with E-state index in [1.807, 2.05) is 6.07 Å². The monoisotopic (exact) mass is 258 g/mol. The number of hydrogen-bond donors (Lipinski definition) is 1. The third-order valence-corrected chi connectivity index (χ3v) is 2.60. The molecule has 0 bridgehead atoms. The number of anilines is 1. The third kappa shape index (κ3) is 2.60. The molecule has 0 aliphatic rings. The number of carbonyl (C=O) groups excluding carboxylic acids is 1. The molecule has 0 fully saturated rings. The molecule has 2 rings (SSSR count). The van der Waals surface area contributed by atoms with Gasteiger partial charge in [-0.1, -0.05) is 0 Å². The molecule has 0 aliphatic heterocycles. The molecular weight excluding hydrogens is 247 g/mol. The molecule has 5 nitrogen and oxygen atoms in total. The topological polar surface area (TPSA) is 70.7 Å². The van der Waals surface area contributed by atoms with Gasteiger partial charge < -0.3 is 5.32 Å². The van der Waals surface area contributed by atoms with E-state index in [4.69, 9.17) is 5.26 Å². The fraction of sp³-hybridized carbons (Fsp3) is 0.154. The number of nitriles is 1. The molecule has 0 spiro atoms. The van der Waals surface area contributed by atoms with Gasteiger partial charge in [-0.3, -0.25) is 9.48 Å². The summed E-state index contributed by atoms with van der Waals surface area (Å²) in [6.07, 6.45) is 1.35. The van der Waals surface area contributed by atoms with Crippen LogP contribution in [0.15, 0.2) is 24.4 Å². The summed E-state index contributed by atoms with van der Waals surface area (Å²) in [5.74, 6) is -0.673. The van der Waals surface area contributed by atoms with Crippen molar-refractivity contribution in [2.45, 2.75) is 6.92 Å². The summed E-state index contributed by atoms with van der Waals surface area (Å²) < 4.78 is 14.6. The molecule has 1 heterocycles. The van der Waals surface area contributed by atoms with Crippen molar-refractivity contribution in [1.29, 1.82) is 5.26 Å². The molecule has 6 heteroatoms. The van der Waals surface area contributed by atoms with Gasteiger partial charge in [0.25, 0.3) is 5.91 Å². The summed E-state index contributed by atoms with van der Waals surface area (Å²) in [6.45, 7) is 1.70. The first-order valence-corrected chi connectivity index (χ1v) is 5.52. The van der Waals surface area contributed by atoms with Crippen LogP contribution < -0.4 is 5.32 Å². The molecular formula is C13H11FN4O. The van der Waals surface area contributed by atoms with Crippen LogP contribution in [0.5, 0.6) is 0 Å². The van der Waals surface area contributed by atoms with Gasteiger partial charge in [-0.15, -0.1) is 0 Å². The molecule has 0 unspecified atom stereocenters. The number of nitrogens with one attached hydrogen (secondary N) is 1. The normalized spacial score (nSPS) is 10.0. The van der Waals surface area contributed by atoms with E-state index in [-0.39, 0.29) is 16.9 Å². The second kappa shape index (κ2) is 4.90. The van der Waals surface area contributed by atoms with Crippen molar-refractivity contribution in [1.82, 2.24) is 9.78 Å².